The minimum atomic E-state index is 0. The first-order valence-corrected chi connectivity index (χ1v) is 7.27. The van der Waals surface area contributed by atoms with Gasteiger partial charge in [-0.05, 0) is 0 Å². The zero-order valence-electron chi connectivity index (χ0n) is 8.61. The summed E-state index contributed by atoms with van der Waals surface area (Å²) in [5.41, 5.74) is 0. The molecule has 0 saturated carbocycles. The Bertz CT molecular complexity index is 186. The lowest BCUT2D eigenvalue weighted by Gasteiger charge is -2.31. The highest BCUT2D eigenvalue weighted by molar-refractivity contribution is 8.07. The van der Waals surface area contributed by atoms with Crippen LogP contribution in [0.3, 0.4) is 0 Å². The quantitative estimate of drug-likeness (QED) is 0.759. The number of carbonyl (C=O) groups excluding carboxylic acids is 1. The molecule has 1 N–H and O–H groups in total. The molecule has 2 aliphatic heterocycles. The zero-order chi connectivity index (χ0) is 9.80. The second kappa shape index (κ2) is 6.89. The van der Waals surface area contributed by atoms with Crippen LogP contribution in [0.1, 0.15) is 0 Å². The molecule has 88 valence electrons. The van der Waals surface area contributed by atoms with Crippen LogP contribution in [0.25, 0.3) is 0 Å². The van der Waals surface area contributed by atoms with Gasteiger partial charge in [-0.2, -0.15) is 11.8 Å². The first-order chi connectivity index (χ1) is 6.88. The van der Waals surface area contributed by atoms with Crippen LogP contribution >= 0.6 is 35.9 Å². The first-order valence-electron chi connectivity index (χ1n) is 5.07. The number of hydrogen-bond acceptors (Lipinski definition) is 4. The molecule has 6 heteroatoms. The summed E-state index contributed by atoms with van der Waals surface area (Å²) >= 11 is 3.74. The van der Waals surface area contributed by atoms with E-state index < -0.39 is 0 Å². The lowest BCUT2D eigenvalue weighted by atomic mass is 10.3. The van der Waals surface area contributed by atoms with E-state index in [1.165, 1.54) is 5.75 Å². The Kier molecular flexibility index (Phi) is 6.19. The lowest BCUT2D eigenvalue weighted by Crippen LogP contribution is -2.50. The van der Waals surface area contributed by atoms with Crippen molar-refractivity contribution in [3.8, 4) is 0 Å². The number of carbonyl (C=O) groups is 1. The molecule has 2 saturated heterocycles. The summed E-state index contributed by atoms with van der Waals surface area (Å²) in [6, 6.07) is 0. The smallest absolute Gasteiger partial charge is 0.236 e. The number of halogens is 1. The Morgan fingerprint density at radius 2 is 2.00 bits per heavy atom. The van der Waals surface area contributed by atoms with Gasteiger partial charge in [0.05, 0.1) is 5.25 Å². The Morgan fingerprint density at radius 1 is 1.27 bits per heavy atom. The molecular formula is C9H17ClN2OS2. The van der Waals surface area contributed by atoms with Crippen molar-refractivity contribution >= 4 is 41.8 Å². The van der Waals surface area contributed by atoms with Gasteiger partial charge in [0.1, 0.15) is 0 Å². The number of thioether (sulfide) groups is 2. The van der Waals surface area contributed by atoms with E-state index in [0.29, 0.717) is 5.91 Å². The lowest BCUT2D eigenvalue weighted by molar-refractivity contribution is -0.130. The molecule has 0 aliphatic carbocycles. The Labute approximate surface area is 106 Å². The number of nitrogens with zero attached hydrogens (tertiary/aromatic N) is 1. The van der Waals surface area contributed by atoms with Gasteiger partial charge in [-0.15, -0.1) is 24.2 Å². The van der Waals surface area contributed by atoms with Gasteiger partial charge in [0, 0.05) is 43.4 Å². The summed E-state index contributed by atoms with van der Waals surface area (Å²) in [6.07, 6.45) is 0. The van der Waals surface area contributed by atoms with Crippen molar-refractivity contribution in [2.45, 2.75) is 5.25 Å². The summed E-state index contributed by atoms with van der Waals surface area (Å²) in [7, 11) is 0. The van der Waals surface area contributed by atoms with Crippen LogP contribution in [-0.4, -0.2) is 59.5 Å². The van der Waals surface area contributed by atoms with Crippen LogP contribution in [0.15, 0.2) is 0 Å². The normalized spacial score (nSPS) is 26.9. The van der Waals surface area contributed by atoms with Crippen molar-refractivity contribution < 1.29 is 4.79 Å². The SMILES string of the molecule is Cl.O=C(C1CSCCS1)N1CCNCC1. The Hall–Kier alpha value is 0.420. The highest BCUT2D eigenvalue weighted by atomic mass is 35.5. The monoisotopic (exact) mass is 268 g/mol. The van der Waals surface area contributed by atoms with Crippen LogP contribution in [0.2, 0.25) is 0 Å². The molecule has 15 heavy (non-hydrogen) atoms. The molecule has 0 aromatic heterocycles. The molecule has 1 atom stereocenters. The molecule has 0 aromatic carbocycles. The number of nitrogens with one attached hydrogen (secondary N) is 1. The third-order valence-corrected chi connectivity index (χ3v) is 5.26. The second-order valence-corrected chi connectivity index (χ2v) is 5.97. The van der Waals surface area contributed by atoms with Crippen molar-refractivity contribution in [3.05, 3.63) is 0 Å². The fourth-order valence-corrected chi connectivity index (χ4v) is 4.35. The van der Waals surface area contributed by atoms with Gasteiger partial charge in [-0.3, -0.25) is 4.79 Å². The molecule has 0 spiro atoms. The standard InChI is InChI=1S/C9H16N2OS2.ClH/c12-9(8-7-13-5-6-14-8)11-3-1-10-2-4-11;/h8,10H,1-7H2;1H. The van der Waals surface area contributed by atoms with Crippen LogP contribution < -0.4 is 5.32 Å². The van der Waals surface area contributed by atoms with Crippen LogP contribution in [0.4, 0.5) is 0 Å². The predicted octanol–water partition coefficient (Wildman–Crippen LogP) is 0.689. The highest BCUT2D eigenvalue weighted by Gasteiger charge is 2.27. The van der Waals surface area contributed by atoms with E-state index in [1.807, 2.05) is 28.4 Å². The topological polar surface area (TPSA) is 32.3 Å². The molecule has 0 radical (unpaired) electrons. The molecular weight excluding hydrogens is 252 g/mol. The second-order valence-electron chi connectivity index (χ2n) is 3.51. The third kappa shape index (κ3) is 3.73. The van der Waals surface area contributed by atoms with E-state index in [2.05, 4.69) is 5.32 Å². The van der Waals surface area contributed by atoms with Crippen LogP contribution in [0, 0.1) is 0 Å². The number of hydrogen-bond donors (Lipinski definition) is 1. The van der Waals surface area contributed by atoms with Crippen LogP contribution in [0.5, 0.6) is 0 Å². The zero-order valence-corrected chi connectivity index (χ0v) is 11.1. The average Bonchev–Trinajstić information content (AvgIpc) is 2.30. The van der Waals surface area contributed by atoms with E-state index >= 15 is 0 Å². The van der Waals surface area contributed by atoms with Crippen molar-refractivity contribution in [2.75, 3.05) is 43.4 Å². The molecule has 0 bridgehead atoms. The molecule has 1 amide bonds. The van der Waals surface area contributed by atoms with Crippen LogP contribution in [-0.2, 0) is 4.79 Å². The van der Waals surface area contributed by atoms with E-state index in [4.69, 9.17) is 0 Å². The largest absolute Gasteiger partial charge is 0.339 e. The molecule has 2 heterocycles. The summed E-state index contributed by atoms with van der Waals surface area (Å²) < 4.78 is 0. The molecule has 2 rings (SSSR count). The number of piperazine rings is 1. The molecule has 2 aliphatic rings. The van der Waals surface area contributed by atoms with E-state index in [-0.39, 0.29) is 17.7 Å². The fraction of sp³-hybridized carbons (Fsp3) is 0.889. The van der Waals surface area contributed by atoms with Crippen molar-refractivity contribution in [1.29, 1.82) is 0 Å². The summed E-state index contributed by atoms with van der Waals surface area (Å²) in [4.78, 5) is 14.0. The van der Waals surface area contributed by atoms with E-state index in [9.17, 15) is 4.79 Å². The molecule has 3 nitrogen and oxygen atoms in total. The van der Waals surface area contributed by atoms with Gasteiger partial charge < -0.3 is 10.2 Å². The summed E-state index contributed by atoms with van der Waals surface area (Å²) in [6.45, 7) is 3.69. The average molecular weight is 269 g/mol. The molecule has 2 fully saturated rings. The summed E-state index contributed by atoms with van der Waals surface area (Å²) in [5.74, 6) is 3.71. The fourth-order valence-electron chi connectivity index (χ4n) is 1.72. The van der Waals surface area contributed by atoms with Gasteiger partial charge in [0.15, 0.2) is 0 Å². The maximum atomic E-state index is 12.0. The van der Waals surface area contributed by atoms with Crippen molar-refractivity contribution in [1.82, 2.24) is 10.2 Å². The van der Waals surface area contributed by atoms with Gasteiger partial charge in [-0.25, -0.2) is 0 Å². The minimum absolute atomic E-state index is 0. The maximum absolute atomic E-state index is 12.0. The molecule has 1 unspecified atom stereocenters. The van der Waals surface area contributed by atoms with Gasteiger partial charge in [0.2, 0.25) is 5.91 Å². The highest BCUT2D eigenvalue weighted by Crippen LogP contribution is 2.25. The third-order valence-electron chi connectivity index (χ3n) is 2.52. The van der Waals surface area contributed by atoms with Gasteiger partial charge in [0.25, 0.3) is 0 Å². The van der Waals surface area contributed by atoms with Crippen molar-refractivity contribution in [2.24, 2.45) is 0 Å². The minimum Gasteiger partial charge on any atom is -0.339 e. The summed E-state index contributed by atoms with van der Waals surface area (Å²) in [5, 5.41) is 3.50. The van der Waals surface area contributed by atoms with Gasteiger partial charge >= 0.3 is 0 Å². The maximum Gasteiger partial charge on any atom is 0.236 e. The Morgan fingerprint density at radius 3 is 2.60 bits per heavy atom. The number of amides is 1. The van der Waals surface area contributed by atoms with E-state index in [0.717, 1.165) is 37.7 Å². The predicted molar refractivity (Wildman–Crippen MR) is 70.3 cm³/mol. The first kappa shape index (κ1) is 13.5. The number of rotatable bonds is 1. The van der Waals surface area contributed by atoms with Gasteiger partial charge in [-0.1, -0.05) is 0 Å². The van der Waals surface area contributed by atoms with E-state index in [1.54, 1.807) is 0 Å². The van der Waals surface area contributed by atoms with Crippen molar-refractivity contribution in [3.63, 3.8) is 0 Å². The Balaban J connectivity index is 0.00000112. The molecule has 0 aromatic rings.